The first-order chi connectivity index (χ1) is 11.7. The quantitative estimate of drug-likeness (QED) is 0.870. The summed E-state index contributed by atoms with van der Waals surface area (Å²) in [7, 11) is 0. The summed E-state index contributed by atoms with van der Waals surface area (Å²) in [5, 5.41) is 5.53. The summed E-state index contributed by atoms with van der Waals surface area (Å²) in [6, 6.07) is 4.01. The summed E-state index contributed by atoms with van der Waals surface area (Å²) in [5.74, 6) is 1.77. The van der Waals surface area contributed by atoms with Crippen molar-refractivity contribution in [2.24, 2.45) is 0 Å². The Morgan fingerprint density at radius 3 is 2.75 bits per heavy atom. The summed E-state index contributed by atoms with van der Waals surface area (Å²) in [4.78, 5) is 26.3. The smallest absolute Gasteiger partial charge is 0.315 e. The summed E-state index contributed by atoms with van der Waals surface area (Å²) < 4.78 is 5.90. The van der Waals surface area contributed by atoms with Gasteiger partial charge < -0.3 is 20.0 Å². The van der Waals surface area contributed by atoms with E-state index in [0.717, 1.165) is 63.0 Å². The van der Waals surface area contributed by atoms with Crippen LogP contribution in [0.15, 0.2) is 16.5 Å². The molecule has 0 aromatic carbocycles. The number of hydrogen-bond acceptors (Lipinski definition) is 3. The van der Waals surface area contributed by atoms with Crippen LogP contribution in [0, 0.1) is 0 Å². The topological polar surface area (TPSA) is 74.6 Å². The highest BCUT2D eigenvalue weighted by molar-refractivity contribution is 5.84. The minimum atomic E-state index is -0.247. The van der Waals surface area contributed by atoms with E-state index in [1.807, 2.05) is 17.0 Å². The fourth-order valence-electron chi connectivity index (χ4n) is 3.19. The standard InChI is InChI=1S/C18H27N3O3/c1-2-14-9-10-16(24-14)15-6-4-3-5-11-21(15)17(22)12-19-18(23)20-13-7-8-13/h9-10,13,15H,2-8,11-12H2,1H3,(H2,19,20,23)/t15-/m0/s1. The van der Waals surface area contributed by atoms with Crippen LogP contribution in [0.3, 0.4) is 0 Å². The lowest BCUT2D eigenvalue weighted by Crippen LogP contribution is -2.45. The summed E-state index contributed by atoms with van der Waals surface area (Å²) in [6.45, 7) is 2.81. The molecule has 132 valence electrons. The monoisotopic (exact) mass is 333 g/mol. The number of rotatable bonds is 5. The number of likely N-dealkylation sites (tertiary alicyclic amines) is 1. The molecule has 2 fully saturated rings. The molecular weight excluding hydrogens is 306 g/mol. The van der Waals surface area contributed by atoms with E-state index < -0.39 is 0 Å². The molecule has 6 nitrogen and oxygen atoms in total. The molecular formula is C18H27N3O3. The lowest BCUT2D eigenvalue weighted by molar-refractivity contribution is -0.132. The Morgan fingerprint density at radius 1 is 1.21 bits per heavy atom. The second kappa shape index (κ2) is 7.73. The van der Waals surface area contributed by atoms with Crippen LogP contribution >= 0.6 is 0 Å². The Morgan fingerprint density at radius 2 is 2.04 bits per heavy atom. The number of furan rings is 1. The van der Waals surface area contributed by atoms with Crippen LogP contribution in [-0.4, -0.2) is 36.0 Å². The normalized spacial score (nSPS) is 21.2. The maximum absolute atomic E-state index is 12.7. The third-order valence-electron chi connectivity index (χ3n) is 4.75. The molecule has 1 aliphatic carbocycles. The molecule has 0 spiro atoms. The molecule has 24 heavy (non-hydrogen) atoms. The molecule has 0 unspecified atom stereocenters. The zero-order chi connectivity index (χ0) is 16.9. The van der Waals surface area contributed by atoms with E-state index in [1.54, 1.807) is 0 Å². The molecule has 3 rings (SSSR count). The van der Waals surface area contributed by atoms with Gasteiger partial charge in [0.25, 0.3) is 0 Å². The van der Waals surface area contributed by atoms with Crippen LogP contribution in [0.5, 0.6) is 0 Å². The van der Waals surface area contributed by atoms with Crippen LogP contribution in [0.4, 0.5) is 4.79 Å². The van der Waals surface area contributed by atoms with E-state index >= 15 is 0 Å². The van der Waals surface area contributed by atoms with Crippen molar-refractivity contribution < 1.29 is 14.0 Å². The highest BCUT2D eigenvalue weighted by Crippen LogP contribution is 2.31. The van der Waals surface area contributed by atoms with Gasteiger partial charge in [-0.1, -0.05) is 19.8 Å². The Hall–Kier alpha value is -1.98. The van der Waals surface area contributed by atoms with E-state index in [9.17, 15) is 9.59 Å². The number of nitrogens with one attached hydrogen (secondary N) is 2. The number of amides is 3. The first kappa shape index (κ1) is 16.9. The van der Waals surface area contributed by atoms with Crippen LogP contribution in [0.1, 0.15) is 63.0 Å². The molecule has 6 heteroatoms. The molecule has 1 aliphatic heterocycles. The zero-order valence-electron chi connectivity index (χ0n) is 14.3. The Kier molecular flexibility index (Phi) is 5.43. The van der Waals surface area contributed by atoms with Gasteiger partial charge in [0.2, 0.25) is 5.91 Å². The SMILES string of the molecule is CCc1ccc([C@@H]2CCCCCN2C(=O)CNC(=O)NC2CC2)o1. The lowest BCUT2D eigenvalue weighted by atomic mass is 10.1. The van der Waals surface area contributed by atoms with E-state index in [4.69, 9.17) is 4.42 Å². The molecule has 2 N–H and O–H groups in total. The molecule has 0 radical (unpaired) electrons. The van der Waals surface area contributed by atoms with Crippen molar-refractivity contribution in [2.45, 2.75) is 64.0 Å². The molecule has 1 saturated heterocycles. The second-order valence-corrected chi connectivity index (χ2v) is 6.71. The molecule has 2 aliphatic rings. The van der Waals surface area contributed by atoms with Gasteiger partial charge in [0, 0.05) is 19.0 Å². The number of aryl methyl sites for hydroxylation is 1. The minimum absolute atomic E-state index is 0.0198. The lowest BCUT2D eigenvalue weighted by Gasteiger charge is -2.29. The number of urea groups is 1. The molecule has 1 saturated carbocycles. The first-order valence-electron chi connectivity index (χ1n) is 9.10. The maximum atomic E-state index is 12.7. The van der Waals surface area contributed by atoms with Crippen molar-refractivity contribution in [2.75, 3.05) is 13.1 Å². The highest BCUT2D eigenvalue weighted by atomic mass is 16.3. The van der Waals surface area contributed by atoms with Gasteiger partial charge in [-0.15, -0.1) is 0 Å². The van der Waals surface area contributed by atoms with Crippen LogP contribution < -0.4 is 10.6 Å². The highest BCUT2D eigenvalue weighted by Gasteiger charge is 2.29. The number of nitrogens with zero attached hydrogens (tertiary/aromatic N) is 1. The van der Waals surface area contributed by atoms with E-state index in [-0.39, 0.29) is 24.5 Å². The van der Waals surface area contributed by atoms with E-state index in [2.05, 4.69) is 17.6 Å². The molecule has 1 atom stereocenters. The van der Waals surface area contributed by atoms with E-state index in [1.165, 1.54) is 0 Å². The third-order valence-corrected chi connectivity index (χ3v) is 4.75. The third kappa shape index (κ3) is 4.30. The van der Waals surface area contributed by atoms with Crippen molar-refractivity contribution in [3.63, 3.8) is 0 Å². The van der Waals surface area contributed by atoms with Crippen LogP contribution in [-0.2, 0) is 11.2 Å². The Labute approximate surface area is 143 Å². The van der Waals surface area contributed by atoms with Gasteiger partial charge in [-0.3, -0.25) is 4.79 Å². The van der Waals surface area contributed by atoms with Crippen molar-refractivity contribution in [1.29, 1.82) is 0 Å². The van der Waals surface area contributed by atoms with Gasteiger partial charge in [0.05, 0.1) is 12.6 Å². The fraction of sp³-hybridized carbons (Fsp3) is 0.667. The van der Waals surface area contributed by atoms with Crippen LogP contribution in [0.2, 0.25) is 0 Å². The molecule has 2 heterocycles. The summed E-state index contributed by atoms with van der Waals surface area (Å²) >= 11 is 0. The average Bonchev–Trinajstić information content (AvgIpc) is 3.32. The van der Waals surface area contributed by atoms with Crippen molar-refractivity contribution in [3.05, 3.63) is 23.7 Å². The summed E-state index contributed by atoms with van der Waals surface area (Å²) in [5.41, 5.74) is 0. The predicted octanol–water partition coefficient (Wildman–Crippen LogP) is 2.75. The minimum Gasteiger partial charge on any atom is -0.464 e. The van der Waals surface area contributed by atoms with Gasteiger partial charge in [-0.25, -0.2) is 4.79 Å². The molecule has 3 amide bonds. The average molecular weight is 333 g/mol. The van der Waals surface area contributed by atoms with Gasteiger partial charge in [-0.05, 0) is 37.8 Å². The van der Waals surface area contributed by atoms with Gasteiger partial charge >= 0.3 is 6.03 Å². The molecule has 1 aromatic rings. The largest absolute Gasteiger partial charge is 0.464 e. The van der Waals surface area contributed by atoms with E-state index in [0.29, 0.717) is 6.04 Å². The zero-order valence-corrected chi connectivity index (χ0v) is 14.3. The first-order valence-corrected chi connectivity index (χ1v) is 9.10. The van der Waals surface area contributed by atoms with Crippen LogP contribution in [0.25, 0.3) is 0 Å². The Bertz CT molecular complexity index is 580. The predicted molar refractivity (Wildman–Crippen MR) is 90.6 cm³/mol. The number of carbonyl (C=O) groups excluding carboxylic acids is 2. The van der Waals surface area contributed by atoms with Gasteiger partial charge in [0.1, 0.15) is 11.5 Å². The van der Waals surface area contributed by atoms with Gasteiger partial charge in [0.15, 0.2) is 0 Å². The van der Waals surface area contributed by atoms with Gasteiger partial charge in [-0.2, -0.15) is 0 Å². The fourth-order valence-corrected chi connectivity index (χ4v) is 3.19. The van der Waals surface area contributed by atoms with Crippen molar-refractivity contribution >= 4 is 11.9 Å². The van der Waals surface area contributed by atoms with Crippen molar-refractivity contribution in [3.8, 4) is 0 Å². The summed E-state index contributed by atoms with van der Waals surface area (Å²) in [6.07, 6.45) is 7.04. The number of carbonyl (C=O) groups is 2. The second-order valence-electron chi connectivity index (χ2n) is 6.71. The molecule has 0 bridgehead atoms. The van der Waals surface area contributed by atoms with Crippen molar-refractivity contribution in [1.82, 2.24) is 15.5 Å². The molecule has 1 aromatic heterocycles. The maximum Gasteiger partial charge on any atom is 0.315 e. The number of hydrogen-bond donors (Lipinski definition) is 2. The Balaban J connectivity index is 1.62.